The van der Waals surface area contributed by atoms with Crippen LogP contribution < -0.4 is 0 Å². The minimum Gasteiger partial charge on any atom is -0.262 e. The minimum atomic E-state index is -3.42. The summed E-state index contributed by atoms with van der Waals surface area (Å²) in [5, 5.41) is 0.613. The lowest BCUT2D eigenvalue weighted by Crippen LogP contribution is -2.32. The SMILES string of the molecule is CCN(CCBr)S(=O)(=O)c1cncc(Br)c1. The normalized spacial score (nSPS) is 12.0. The third-order valence-electron chi connectivity index (χ3n) is 2.00. The summed E-state index contributed by atoms with van der Waals surface area (Å²) in [6, 6.07) is 1.55. The molecule has 0 aromatic carbocycles. The number of rotatable bonds is 5. The first kappa shape index (κ1) is 14.1. The Morgan fingerprint density at radius 2 is 2.12 bits per heavy atom. The van der Waals surface area contributed by atoms with Crippen LogP contribution in [0.5, 0.6) is 0 Å². The molecule has 0 unspecified atom stereocenters. The summed E-state index contributed by atoms with van der Waals surface area (Å²) in [5.41, 5.74) is 0. The Kier molecular flexibility index (Phi) is 5.36. The summed E-state index contributed by atoms with van der Waals surface area (Å²) in [7, 11) is -3.42. The largest absolute Gasteiger partial charge is 0.262 e. The van der Waals surface area contributed by atoms with Crippen molar-refractivity contribution in [3.8, 4) is 0 Å². The lowest BCUT2D eigenvalue weighted by molar-refractivity contribution is 0.448. The van der Waals surface area contributed by atoms with Gasteiger partial charge in [-0.25, -0.2) is 8.42 Å². The van der Waals surface area contributed by atoms with Crippen LogP contribution in [0.1, 0.15) is 6.92 Å². The molecule has 0 bridgehead atoms. The fourth-order valence-corrected chi connectivity index (χ4v) is 3.84. The quantitative estimate of drug-likeness (QED) is 0.746. The standard InChI is InChI=1S/C9H12Br2N2O2S/c1-2-13(4-3-10)16(14,15)9-5-8(11)6-12-7-9/h5-7H,2-4H2,1H3. The second-order valence-corrected chi connectivity index (χ2v) is 6.67. The van der Waals surface area contributed by atoms with Crippen LogP contribution in [0.4, 0.5) is 0 Å². The molecule has 4 nitrogen and oxygen atoms in total. The van der Waals surface area contributed by atoms with Crippen LogP contribution in [-0.2, 0) is 10.0 Å². The van der Waals surface area contributed by atoms with Gasteiger partial charge in [0, 0.05) is 35.3 Å². The average Bonchev–Trinajstić information content (AvgIpc) is 2.25. The van der Waals surface area contributed by atoms with Crippen LogP contribution in [-0.4, -0.2) is 36.1 Å². The molecule has 0 aliphatic heterocycles. The number of aromatic nitrogens is 1. The molecule has 0 spiro atoms. The molecule has 1 rings (SSSR count). The van der Waals surface area contributed by atoms with Crippen molar-refractivity contribution in [1.29, 1.82) is 0 Å². The van der Waals surface area contributed by atoms with Crippen molar-refractivity contribution in [3.63, 3.8) is 0 Å². The summed E-state index contributed by atoms with van der Waals surface area (Å²) in [4.78, 5) is 4.08. The van der Waals surface area contributed by atoms with Crippen molar-refractivity contribution in [3.05, 3.63) is 22.9 Å². The van der Waals surface area contributed by atoms with Crippen molar-refractivity contribution < 1.29 is 8.42 Å². The van der Waals surface area contributed by atoms with E-state index < -0.39 is 10.0 Å². The van der Waals surface area contributed by atoms with E-state index >= 15 is 0 Å². The van der Waals surface area contributed by atoms with E-state index in [0.29, 0.717) is 22.9 Å². The first-order valence-corrected chi connectivity index (χ1v) is 8.04. The van der Waals surface area contributed by atoms with Gasteiger partial charge >= 0.3 is 0 Å². The Morgan fingerprint density at radius 3 is 2.62 bits per heavy atom. The highest BCUT2D eigenvalue weighted by Gasteiger charge is 2.22. The number of sulfonamides is 1. The number of halogens is 2. The molecule has 0 aliphatic rings. The molecule has 0 fully saturated rings. The second kappa shape index (κ2) is 6.09. The summed E-state index contributed by atoms with van der Waals surface area (Å²) >= 11 is 6.45. The van der Waals surface area contributed by atoms with E-state index in [1.165, 1.54) is 10.5 Å². The first-order chi connectivity index (χ1) is 7.52. The molecule has 16 heavy (non-hydrogen) atoms. The molecule has 0 saturated heterocycles. The van der Waals surface area contributed by atoms with Crippen molar-refractivity contribution in [1.82, 2.24) is 9.29 Å². The zero-order valence-electron chi connectivity index (χ0n) is 8.73. The molecule has 7 heteroatoms. The summed E-state index contributed by atoms with van der Waals surface area (Å²) in [6.07, 6.45) is 2.91. The molecule has 0 N–H and O–H groups in total. The highest BCUT2D eigenvalue weighted by molar-refractivity contribution is 9.10. The zero-order valence-corrected chi connectivity index (χ0v) is 12.7. The first-order valence-electron chi connectivity index (χ1n) is 4.69. The van der Waals surface area contributed by atoms with Gasteiger partial charge in [-0.3, -0.25) is 4.98 Å². The predicted molar refractivity (Wildman–Crippen MR) is 70.2 cm³/mol. The second-order valence-electron chi connectivity index (χ2n) is 3.02. The molecule has 0 amide bonds. The summed E-state index contributed by atoms with van der Waals surface area (Å²) < 4.78 is 26.4. The maximum absolute atomic E-state index is 12.1. The molecule has 0 atom stereocenters. The van der Waals surface area contributed by atoms with Crippen LogP contribution in [0.2, 0.25) is 0 Å². The average molecular weight is 372 g/mol. The predicted octanol–water partition coefficient (Wildman–Crippen LogP) is 2.25. The van der Waals surface area contributed by atoms with Crippen LogP contribution in [0.25, 0.3) is 0 Å². The van der Waals surface area contributed by atoms with Gasteiger partial charge < -0.3 is 0 Å². The third kappa shape index (κ3) is 3.26. The van der Waals surface area contributed by atoms with Gasteiger partial charge in [-0.05, 0) is 22.0 Å². The Bertz CT molecular complexity index is 451. The van der Waals surface area contributed by atoms with Gasteiger partial charge in [0.05, 0.1) is 0 Å². The van der Waals surface area contributed by atoms with E-state index in [2.05, 4.69) is 36.8 Å². The van der Waals surface area contributed by atoms with E-state index in [0.717, 1.165) is 0 Å². The van der Waals surface area contributed by atoms with Gasteiger partial charge in [-0.1, -0.05) is 22.9 Å². The highest BCUT2D eigenvalue weighted by Crippen LogP contribution is 2.18. The molecule has 1 aromatic rings. The lowest BCUT2D eigenvalue weighted by Gasteiger charge is -2.19. The summed E-state index contributed by atoms with van der Waals surface area (Å²) in [5.74, 6) is 0. The van der Waals surface area contributed by atoms with Crippen molar-refractivity contribution in [2.75, 3.05) is 18.4 Å². The van der Waals surface area contributed by atoms with Gasteiger partial charge in [-0.15, -0.1) is 0 Å². The molecule has 0 radical (unpaired) electrons. The van der Waals surface area contributed by atoms with E-state index in [-0.39, 0.29) is 4.90 Å². The van der Waals surface area contributed by atoms with Crippen LogP contribution in [0.15, 0.2) is 27.8 Å². The molecule has 0 saturated carbocycles. The zero-order chi connectivity index (χ0) is 12.2. The smallest absolute Gasteiger partial charge is 0.244 e. The van der Waals surface area contributed by atoms with Gasteiger partial charge in [0.2, 0.25) is 10.0 Å². The number of nitrogens with zero attached hydrogens (tertiary/aromatic N) is 2. The van der Waals surface area contributed by atoms with Gasteiger partial charge in [-0.2, -0.15) is 4.31 Å². The fourth-order valence-electron chi connectivity index (χ4n) is 1.23. The summed E-state index contributed by atoms with van der Waals surface area (Å²) in [6.45, 7) is 2.71. The highest BCUT2D eigenvalue weighted by atomic mass is 79.9. The Morgan fingerprint density at radius 1 is 1.44 bits per heavy atom. The van der Waals surface area contributed by atoms with Gasteiger partial charge in [0.15, 0.2) is 0 Å². The monoisotopic (exact) mass is 370 g/mol. The molecule has 1 heterocycles. The Labute approximate surface area is 112 Å². The van der Waals surface area contributed by atoms with Crippen LogP contribution in [0, 0.1) is 0 Å². The van der Waals surface area contributed by atoms with E-state index in [4.69, 9.17) is 0 Å². The molecular weight excluding hydrogens is 360 g/mol. The third-order valence-corrected chi connectivity index (χ3v) is 4.73. The van der Waals surface area contributed by atoms with Crippen molar-refractivity contribution in [2.45, 2.75) is 11.8 Å². The Hall–Kier alpha value is 0.0200. The van der Waals surface area contributed by atoms with Gasteiger partial charge in [0.25, 0.3) is 0 Å². The maximum atomic E-state index is 12.1. The van der Waals surface area contributed by atoms with E-state index in [9.17, 15) is 8.42 Å². The van der Waals surface area contributed by atoms with Gasteiger partial charge in [0.1, 0.15) is 4.90 Å². The number of alkyl halides is 1. The molecule has 0 aliphatic carbocycles. The number of hydrogen-bond acceptors (Lipinski definition) is 3. The van der Waals surface area contributed by atoms with E-state index in [1.54, 1.807) is 12.3 Å². The molecule has 1 aromatic heterocycles. The fraction of sp³-hybridized carbons (Fsp3) is 0.444. The topological polar surface area (TPSA) is 50.3 Å². The van der Waals surface area contributed by atoms with Crippen LogP contribution in [0.3, 0.4) is 0 Å². The maximum Gasteiger partial charge on any atom is 0.244 e. The van der Waals surface area contributed by atoms with Crippen molar-refractivity contribution >= 4 is 41.9 Å². The lowest BCUT2D eigenvalue weighted by atomic mass is 10.5. The Balaban J connectivity index is 3.09. The van der Waals surface area contributed by atoms with Crippen LogP contribution >= 0.6 is 31.9 Å². The van der Waals surface area contributed by atoms with Crippen molar-refractivity contribution in [2.24, 2.45) is 0 Å². The van der Waals surface area contributed by atoms with E-state index in [1.807, 2.05) is 6.92 Å². The minimum absolute atomic E-state index is 0.213. The molecular formula is C9H12Br2N2O2S. The number of hydrogen-bond donors (Lipinski definition) is 0. The molecule has 90 valence electrons. The number of pyridine rings is 1.